The van der Waals surface area contributed by atoms with Crippen molar-refractivity contribution >= 4 is 40.0 Å². The van der Waals surface area contributed by atoms with Crippen LogP contribution in [-0.4, -0.2) is 17.1 Å². The Labute approximate surface area is 173 Å². The van der Waals surface area contributed by atoms with Crippen LogP contribution in [0, 0.1) is 5.41 Å². The van der Waals surface area contributed by atoms with Gasteiger partial charge in [-0.2, -0.15) is 0 Å². The summed E-state index contributed by atoms with van der Waals surface area (Å²) in [6.07, 6.45) is 6.68. The van der Waals surface area contributed by atoms with E-state index in [1.807, 2.05) is 42.5 Å². The van der Waals surface area contributed by atoms with Crippen LogP contribution >= 0.6 is 0 Å². The molecule has 3 rings (SSSR count). The number of aromatic amines is 1. The number of anilines is 2. The van der Waals surface area contributed by atoms with Gasteiger partial charge in [-0.25, -0.2) is 0 Å². The van der Waals surface area contributed by atoms with Crippen molar-refractivity contribution in [2.45, 2.75) is 0 Å². The lowest BCUT2D eigenvalue weighted by molar-refractivity contribution is 0.0963. The quantitative estimate of drug-likeness (QED) is 0.239. The van der Waals surface area contributed by atoms with E-state index >= 15 is 0 Å². The topological polar surface area (TPSA) is 159 Å². The summed E-state index contributed by atoms with van der Waals surface area (Å²) in [5.74, 6) is -0.323. The first-order valence-electron chi connectivity index (χ1n) is 9.12. The molecule has 1 aromatic heterocycles. The number of allylic oxidation sites excluding steroid dienone is 2. The van der Waals surface area contributed by atoms with Gasteiger partial charge in [0, 0.05) is 46.5 Å². The van der Waals surface area contributed by atoms with Crippen LogP contribution in [0.15, 0.2) is 78.9 Å². The highest BCUT2D eigenvalue weighted by atomic mass is 16.1. The number of carbonyl (C=O) groups excluding carboxylic acids is 1. The van der Waals surface area contributed by atoms with Gasteiger partial charge in [0.25, 0.3) is 5.91 Å². The number of carbonyl (C=O) groups is 1. The van der Waals surface area contributed by atoms with Crippen LogP contribution in [0.4, 0.5) is 11.4 Å². The fraction of sp³-hybridized carbons (Fsp3) is 0. The molecule has 0 aliphatic carbocycles. The summed E-state index contributed by atoms with van der Waals surface area (Å²) < 4.78 is 0. The van der Waals surface area contributed by atoms with Crippen molar-refractivity contribution < 1.29 is 4.79 Å². The second-order valence-electron chi connectivity index (χ2n) is 6.39. The molecule has 8 nitrogen and oxygen atoms in total. The molecule has 152 valence electrons. The molecule has 30 heavy (non-hydrogen) atoms. The summed E-state index contributed by atoms with van der Waals surface area (Å²) in [6, 6.07) is 15.1. The Balaban J connectivity index is 1.82. The minimum atomic E-state index is -0.323. The lowest BCUT2D eigenvalue weighted by Crippen LogP contribution is -2.23. The highest BCUT2D eigenvalue weighted by molar-refractivity contribution is 6.08. The number of benzene rings is 2. The largest absolute Gasteiger partial charge is 0.405 e. The molecule has 0 aliphatic heterocycles. The molecule has 0 bridgehead atoms. The molecular weight excluding hydrogens is 378 g/mol. The van der Waals surface area contributed by atoms with E-state index in [-0.39, 0.29) is 5.91 Å². The summed E-state index contributed by atoms with van der Waals surface area (Å²) >= 11 is 0. The smallest absolute Gasteiger partial charge is 0.272 e. The van der Waals surface area contributed by atoms with E-state index in [2.05, 4.69) is 15.6 Å². The Bertz CT molecular complexity index is 1170. The van der Waals surface area contributed by atoms with Crippen LogP contribution in [0.2, 0.25) is 0 Å². The number of rotatable bonds is 7. The number of hydrogen-bond acceptors (Lipinski definition) is 6. The van der Waals surface area contributed by atoms with Crippen molar-refractivity contribution in [2.24, 2.45) is 17.2 Å². The van der Waals surface area contributed by atoms with Crippen molar-refractivity contribution in [1.29, 1.82) is 5.41 Å². The zero-order valence-electron chi connectivity index (χ0n) is 16.1. The minimum absolute atomic E-state index is 0.323. The lowest BCUT2D eigenvalue weighted by atomic mass is 10.1. The summed E-state index contributed by atoms with van der Waals surface area (Å²) in [5, 5.41) is 14.3. The van der Waals surface area contributed by atoms with Gasteiger partial charge < -0.3 is 38.2 Å². The summed E-state index contributed by atoms with van der Waals surface area (Å²) in [6.45, 7) is 0. The first kappa shape index (κ1) is 20.3. The Kier molecular flexibility index (Phi) is 6.19. The van der Waals surface area contributed by atoms with Gasteiger partial charge in [-0.3, -0.25) is 4.79 Å². The number of nitrogens with one attached hydrogen (secondary N) is 4. The number of aromatic nitrogens is 1. The van der Waals surface area contributed by atoms with Gasteiger partial charge >= 0.3 is 0 Å². The van der Waals surface area contributed by atoms with E-state index < -0.39 is 0 Å². The zero-order valence-corrected chi connectivity index (χ0v) is 16.1. The first-order valence-corrected chi connectivity index (χ1v) is 9.12. The summed E-state index contributed by atoms with van der Waals surface area (Å²) in [5.41, 5.74) is 21.2. The lowest BCUT2D eigenvalue weighted by Gasteiger charge is -2.09. The number of fused-ring (bicyclic) bond motifs is 1. The Morgan fingerprint density at radius 2 is 1.80 bits per heavy atom. The standard InChI is InChI=1S/C22H23N7O/c23-7-6-19(13-26)28-22(30)21-9-15-4-5-18(10-20(15)29-21)27-17-3-1-2-14(8-17)16(11-24)12-25/h1-13,24,27,29H,23,25-26H2,(H,28,30)/b7-6-,16-12+,19-13+,24-11?. The van der Waals surface area contributed by atoms with Crippen LogP contribution in [0.3, 0.4) is 0 Å². The third-order valence-electron chi connectivity index (χ3n) is 4.40. The molecule has 0 fully saturated rings. The van der Waals surface area contributed by atoms with Crippen molar-refractivity contribution in [3.05, 3.63) is 90.2 Å². The van der Waals surface area contributed by atoms with Gasteiger partial charge in [0.05, 0.1) is 5.70 Å². The van der Waals surface area contributed by atoms with Crippen LogP contribution in [0.5, 0.6) is 0 Å². The molecule has 0 atom stereocenters. The van der Waals surface area contributed by atoms with E-state index in [1.54, 1.807) is 6.07 Å². The molecule has 0 radical (unpaired) electrons. The molecule has 3 aromatic rings. The van der Waals surface area contributed by atoms with E-state index in [0.29, 0.717) is 17.0 Å². The van der Waals surface area contributed by atoms with Crippen LogP contribution < -0.4 is 27.8 Å². The molecule has 2 aromatic carbocycles. The summed E-state index contributed by atoms with van der Waals surface area (Å²) in [4.78, 5) is 15.5. The summed E-state index contributed by atoms with van der Waals surface area (Å²) in [7, 11) is 0. The molecule has 1 heterocycles. The number of H-pyrrole nitrogens is 1. The van der Waals surface area contributed by atoms with Gasteiger partial charge in [0.2, 0.25) is 0 Å². The Hall–Kier alpha value is -4.46. The monoisotopic (exact) mass is 401 g/mol. The number of nitrogens with two attached hydrogens (primary N) is 3. The van der Waals surface area contributed by atoms with Crippen molar-refractivity contribution in [3.8, 4) is 0 Å². The molecular formula is C22H23N7O. The Morgan fingerprint density at radius 1 is 1.00 bits per heavy atom. The number of amides is 1. The van der Waals surface area contributed by atoms with Crippen LogP contribution in [0.25, 0.3) is 16.5 Å². The molecule has 0 saturated heterocycles. The van der Waals surface area contributed by atoms with Gasteiger partial charge in [-0.1, -0.05) is 18.2 Å². The predicted molar refractivity (Wildman–Crippen MR) is 122 cm³/mol. The highest BCUT2D eigenvalue weighted by Crippen LogP contribution is 2.24. The fourth-order valence-electron chi connectivity index (χ4n) is 2.94. The molecule has 1 amide bonds. The fourth-order valence-corrected chi connectivity index (χ4v) is 2.94. The van der Waals surface area contributed by atoms with Crippen molar-refractivity contribution in [1.82, 2.24) is 10.3 Å². The predicted octanol–water partition coefficient (Wildman–Crippen LogP) is 2.86. The third-order valence-corrected chi connectivity index (χ3v) is 4.40. The SMILES string of the molecule is N=C/C(=C\N)c1cccc(Nc2ccc3cc(C(=O)NC(/C=C\N)=C/N)[nH]c3c2)c1. The van der Waals surface area contributed by atoms with E-state index in [4.69, 9.17) is 22.6 Å². The van der Waals surface area contributed by atoms with Crippen LogP contribution in [-0.2, 0) is 0 Å². The first-order chi connectivity index (χ1) is 14.6. The van der Waals surface area contributed by atoms with Crippen LogP contribution in [0.1, 0.15) is 16.1 Å². The maximum absolute atomic E-state index is 12.4. The minimum Gasteiger partial charge on any atom is -0.405 e. The van der Waals surface area contributed by atoms with Crippen molar-refractivity contribution in [3.63, 3.8) is 0 Å². The van der Waals surface area contributed by atoms with E-state index in [1.165, 1.54) is 30.9 Å². The van der Waals surface area contributed by atoms with Gasteiger partial charge in [-0.05, 0) is 48.2 Å². The Morgan fingerprint density at radius 3 is 2.50 bits per heavy atom. The zero-order chi connectivity index (χ0) is 21.5. The molecule has 0 saturated carbocycles. The van der Waals surface area contributed by atoms with Crippen molar-refractivity contribution in [2.75, 3.05) is 5.32 Å². The second-order valence-corrected chi connectivity index (χ2v) is 6.39. The molecule has 0 unspecified atom stereocenters. The average molecular weight is 401 g/mol. The maximum Gasteiger partial charge on any atom is 0.272 e. The second kappa shape index (κ2) is 9.16. The molecule has 0 aliphatic rings. The van der Waals surface area contributed by atoms with Gasteiger partial charge in [0.1, 0.15) is 5.69 Å². The maximum atomic E-state index is 12.4. The van der Waals surface area contributed by atoms with E-state index in [0.717, 1.165) is 27.8 Å². The average Bonchev–Trinajstić information content (AvgIpc) is 3.18. The van der Waals surface area contributed by atoms with E-state index in [9.17, 15) is 4.79 Å². The number of hydrogen-bond donors (Lipinski definition) is 7. The van der Waals surface area contributed by atoms with Gasteiger partial charge in [-0.15, -0.1) is 0 Å². The normalized spacial score (nSPS) is 12.3. The highest BCUT2D eigenvalue weighted by Gasteiger charge is 2.11. The third kappa shape index (κ3) is 4.50. The molecule has 0 spiro atoms. The van der Waals surface area contributed by atoms with Gasteiger partial charge in [0.15, 0.2) is 0 Å². The molecule has 8 heteroatoms. The molecule has 10 N–H and O–H groups in total.